The van der Waals surface area contributed by atoms with E-state index in [2.05, 4.69) is 39.8 Å². The molecule has 0 radical (unpaired) electrons. The highest BCUT2D eigenvalue weighted by Gasteiger charge is 2.69. The highest BCUT2D eigenvalue weighted by molar-refractivity contribution is 5.31. The molecule has 0 saturated heterocycles. The zero-order valence-electron chi connectivity index (χ0n) is 11.7. The Morgan fingerprint density at radius 2 is 1.94 bits per heavy atom. The number of hydrogen-bond acceptors (Lipinski definition) is 1. The monoisotopic (exact) mass is 234 g/mol. The van der Waals surface area contributed by atoms with Gasteiger partial charge < -0.3 is 5.11 Å². The van der Waals surface area contributed by atoms with Crippen molar-refractivity contribution in [2.24, 2.45) is 16.2 Å². The molecule has 2 atom stereocenters. The summed E-state index contributed by atoms with van der Waals surface area (Å²) in [4.78, 5) is 0. The Kier molecular flexibility index (Phi) is 3.02. The second-order valence-corrected chi connectivity index (χ2v) is 6.91. The van der Waals surface area contributed by atoms with Crippen molar-refractivity contribution in [2.45, 2.75) is 53.4 Å². The van der Waals surface area contributed by atoms with E-state index in [0.717, 1.165) is 0 Å². The topological polar surface area (TPSA) is 20.2 Å². The molecule has 0 spiro atoms. The number of hydrogen-bond donors (Lipinski definition) is 1. The number of allylic oxidation sites excluding steroid dienone is 3. The van der Waals surface area contributed by atoms with Crippen LogP contribution in [0.1, 0.15) is 53.4 Å². The maximum Gasteiger partial charge on any atom is 0.0617 e. The Bertz CT molecular complexity index is 364. The van der Waals surface area contributed by atoms with Crippen LogP contribution in [-0.2, 0) is 0 Å². The van der Waals surface area contributed by atoms with Crippen LogP contribution < -0.4 is 0 Å². The van der Waals surface area contributed by atoms with E-state index in [0.29, 0.717) is 16.2 Å². The van der Waals surface area contributed by atoms with Gasteiger partial charge in [0.1, 0.15) is 0 Å². The molecule has 2 unspecified atom stereocenters. The smallest absolute Gasteiger partial charge is 0.0617 e. The molecule has 1 N–H and O–H groups in total. The summed E-state index contributed by atoms with van der Waals surface area (Å²) >= 11 is 0. The van der Waals surface area contributed by atoms with E-state index >= 15 is 0 Å². The highest BCUT2D eigenvalue weighted by atomic mass is 16.2. The summed E-state index contributed by atoms with van der Waals surface area (Å²) < 4.78 is 0. The van der Waals surface area contributed by atoms with Gasteiger partial charge >= 0.3 is 0 Å². The van der Waals surface area contributed by atoms with Crippen molar-refractivity contribution in [1.29, 1.82) is 0 Å². The minimum absolute atomic E-state index is 0.143. The normalized spacial score (nSPS) is 40.4. The molecular weight excluding hydrogens is 208 g/mol. The summed E-state index contributed by atoms with van der Waals surface area (Å²) in [5.74, 6) is 0. The molecule has 0 amide bonds. The molecule has 1 heteroatoms. The van der Waals surface area contributed by atoms with Crippen LogP contribution in [0.2, 0.25) is 0 Å². The Balaban J connectivity index is 2.22. The average Bonchev–Trinajstić information content (AvgIpc) is 2.84. The van der Waals surface area contributed by atoms with Crippen LogP contribution in [0.25, 0.3) is 0 Å². The van der Waals surface area contributed by atoms with E-state index in [9.17, 15) is 0 Å². The molecule has 2 rings (SSSR count). The first-order valence-corrected chi connectivity index (χ1v) is 6.84. The van der Waals surface area contributed by atoms with Gasteiger partial charge in [-0.1, -0.05) is 51.0 Å². The van der Waals surface area contributed by atoms with Gasteiger partial charge in [0.25, 0.3) is 0 Å². The summed E-state index contributed by atoms with van der Waals surface area (Å²) in [6.07, 6.45) is 12.0. The Hall–Kier alpha value is -0.560. The Morgan fingerprint density at radius 1 is 1.24 bits per heavy atom. The van der Waals surface area contributed by atoms with Crippen molar-refractivity contribution in [2.75, 3.05) is 6.61 Å². The van der Waals surface area contributed by atoms with Crippen molar-refractivity contribution in [3.8, 4) is 0 Å². The largest absolute Gasteiger partial charge is 0.392 e. The molecular formula is C16H26O. The van der Waals surface area contributed by atoms with E-state index in [1.54, 1.807) is 0 Å². The lowest BCUT2D eigenvalue weighted by Gasteiger charge is -2.41. The third-order valence-electron chi connectivity index (χ3n) is 5.40. The molecule has 1 nitrogen and oxygen atoms in total. The Labute approximate surface area is 106 Å². The molecule has 2 aliphatic rings. The fraction of sp³-hybridized carbons (Fsp3) is 0.750. The van der Waals surface area contributed by atoms with Gasteiger partial charge in [-0.15, -0.1) is 0 Å². The number of fused-ring (bicyclic) bond motifs is 1. The predicted octanol–water partition coefficient (Wildman–Crippen LogP) is 4.09. The van der Waals surface area contributed by atoms with Crippen molar-refractivity contribution in [1.82, 2.24) is 0 Å². The molecule has 2 fully saturated rings. The van der Waals surface area contributed by atoms with E-state index < -0.39 is 0 Å². The molecule has 0 bridgehead atoms. The van der Waals surface area contributed by atoms with Gasteiger partial charge in [0.05, 0.1) is 6.61 Å². The zero-order valence-corrected chi connectivity index (χ0v) is 11.7. The number of aliphatic hydroxyl groups excluding tert-OH is 1. The maximum atomic E-state index is 8.89. The van der Waals surface area contributed by atoms with E-state index in [1.807, 2.05) is 6.08 Å². The number of rotatable bonds is 3. The summed E-state index contributed by atoms with van der Waals surface area (Å²) in [5, 5.41) is 8.89. The zero-order chi connectivity index (χ0) is 12.7. The van der Waals surface area contributed by atoms with Crippen LogP contribution in [0, 0.1) is 16.2 Å². The summed E-state index contributed by atoms with van der Waals surface area (Å²) in [6, 6.07) is 0. The van der Waals surface area contributed by atoms with Gasteiger partial charge in [-0.3, -0.25) is 0 Å². The van der Waals surface area contributed by atoms with Gasteiger partial charge in [-0.25, -0.2) is 0 Å². The second kappa shape index (κ2) is 3.98. The predicted molar refractivity (Wildman–Crippen MR) is 72.8 cm³/mol. The lowest BCUT2D eigenvalue weighted by molar-refractivity contribution is 0.119. The lowest BCUT2D eigenvalue weighted by Crippen LogP contribution is -2.32. The average molecular weight is 234 g/mol. The first kappa shape index (κ1) is 12.9. The molecule has 2 aliphatic carbocycles. The SMILES string of the molecule is CC(=CCO)/C=C/C12CC1(C)CCCC2(C)C. The van der Waals surface area contributed by atoms with Crippen LogP contribution in [0.3, 0.4) is 0 Å². The van der Waals surface area contributed by atoms with E-state index in [1.165, 1.54) is 31.3 Å². The number of aliphatic hydroxyl groups is 1. The van der Waals surface area contributed by atoms with Gasteiger partial charge in [-0.2, -0.15) is 0 Å². The summed E-state index contributed by atoms with van der Waals surface area (Å²) in [5.41, 5.74) is 2.54. The second-order valence-electron chi connectivity index (χ2n) is 6.91. The van der Waals surface area contributed by atoms with Crippen LogP contribution in [-0.4, -0.2) is 11.7 Å². The summed E-state index contributed by atoms with van der Waals surface area (Å²) in [7, 11) is 0. The van der Waals surface area contributed by atoms with Crippen LogP contribution in [0.4, 0.5) is 0 Å². The minimum Gasteiger partial charge on any atom is -0.392 e. The van der Waals surface area contributed by atoms with E-state index in [4.69, 9.17) is 5.11 Å². The van der Waals surface area contributed by atoms with Gasteiger partial charge in [0.15, 0.2) is 0 Å². The van der Waals surface area contributed by atoms with E-state index in [-0.39, 0.29) is 6.61 Å². The van der Waals surface area contributed by atoms with Crippen molar-refractivity contribution < 1.29 is 5.11 Å². The molecule has 0 heterocycles. The van der Waals surface area contributed by atoms with Crippen LogP contribution >= 0.6 is 0 Å². The first-order chi connectivity index (χ1) is 7.87. The van der Waals surface area contributed by atoms with Crippen LogP contribution in [0.15, 0.2) is 23.8 Å². The minimum atomic E-state index is 0.143. The molecule has 96 valence electrons. The lowest BCUT2D eigenvalue weighted by atomic mass is 9.63. The quantitative estimate of drug-likeness (QED) is 0.729. The molecule has 0 aromatic carbocycles. The van der Waals surface area contributed by atoms with Gasteiger partial charge in [0, 0.05) is 0 Å². The first-order valence-electron chi connectivity index (χ1n) is 6.84. The molecule has 0 aliphatic heterocycles. The fourth-order valence-corrected chi connectivity index (χ4v) is 4.05. The summed E-state index contributed by atoms with van der Waals surface area (Å²) in [6.45, 7) is 9.51. The van der Waals surface area contributed by atoms with Gasteiger partial charge in [-0.05, 0) is 42.4 Å². The van der Waals surface area contributed by atoms with Gasteiger partial charge in [0.2, 0.25) is 0 Å². The van der Waals surface area contributed by atoms with Crippen molar-refractivity contribution >= 4 is 0 Å². The highest BCUT2D eigenvalue weighted by Crippen LogP contribution is 2.78. The maximum absolute atomic E-state index is 8.89. The molecule has 0 aromatic rings. The van der Waals surface area contributed by atoms with Crippen molar-refractivity contribution in [3.05, 3.63) is 23.8 Å². The molecule has 17 heavy (non-hydrogen) atoms. The van der Waals surface area contributed by atoms with Crippen LogP contribution in [0.5, 0.6) is 0 Å². The molecule has 0 aromatic heterocycles. The standard InChI is InChI=1S/C16H26O/c1-13(7-11-17)6-10-16-12-15(16,4)9-5-8-14(16,2)3/h6-7,10,17H,5,8-9,11-12H2,1-4H3/b10-6+,13-7?. The third-order valence-corrected chi connectivity index (χ3v) is 5.40. The third kappa shape index (κ3) is 1.89. The van der Waals surface area contributed by atoms with Crippen molar-refractivity contribution in [3.63, 3.8) is 0 Å². The Morgan fingerprint density at radius 3 is 2.53 bits per heavy atom. The fourth-order valence-electron chi connectivity index (χ4n) is 4.05. The molecule has 2 saturated carbocycles.